The maximum Gasteiger partial charge on any atom is 0.232 e. The largest absolute Gasteiger partial charge is 0.494 e. The molecule has 0 aliphatic rings. The summed E-state index contributed by atoms with van der Waals surface area (Å²) in [6, 6.07) is 16.5. The molecule has 0 N–H and O–H groups in total. The Balaban J connectivity index is 1.49. The minimum atomic E-state index is 0.493. The van der Waals surface area contributed by atoms with E-state index in [2.05, 4.69) is 41.2 Å². The first-order valence-electron chi connectivity index (χ1n) is 10.5. The van der Waals surface area contributed by atoms with E-state index in [0.29, 0.717) is 19.1 Å². The first-order valence-corrected chi connectivity index (χ1v) is 10.5. The number of hydrogen-bond acceptors (Lipinski definition) is 4. The number of nitrogens with zero attached hydrogens (tertiary/aromatic N) is 2. The summed E-state index contributed by atoms with van der Waals surface area (Å²) in [6.45, 7) is 5.37. The van der Waals surface area contributed by atoms with Crippen LogP contribution >= 0.6 is 0 Å². The van der Waals surface area contributed by atoms with Crippen molar-refractivity contribution in [3.05, 3.63) is 72.1 Å². The molecule has 0 aliphatic heterocycles. The predicted octanol–water partition coefficient (Wildman–Crippen LogP) is 6.24. The number of rotatable bonds is 11. The van der Waals surface area contributed by atoms with Crippen LogP contribution in [0, 0.1) is 0 Å². The minimum Gasteiger partial charge on any atom is -0.494 e. The summed E-state index contributed by atoms with van der Waals surface area (Å²) in [5.41, 5.74) is 4.35. The van der Waals surface area contributed by atoms with Crippen LogP contribution in [0.25, 0.3) is 11.3 Å². The molecule has 4 heteroatoms. The molecule has 0 radical (unpaired) electrons. The maximum absolute atomic E-state index is 5.79. The van der Waals surface area contributed by atoms with Crippen LogP contribution in [0.3, 0.4) is 0 Å². The van der Waals surface area contributed by atoms with Gasteiger partial charge in [-0.2, -0.15) is 0 Å². The molecule has 1 heterocycles. The third-order valence-electron chi connectivity index (χ3n) is 4.82. The molecule has 3 rings (SSSR count). The quantitative estimate of drug-likeness (QED) is 0.363. The van der Waals surface area contributed by atoms with E-state index in [1.54, 1.807) is 12.4 Å². The Morgan fingerprint density at radius 3 is 2.14 bits per heavy atom. The zero-order valence-electron chi connectivity index (χ0n) is 17.4. The van der Waals surface area contributed by atoms with Crippen LogP contribution in [0.15, 0.2) is 60.9 Å². The van der Waals surface area contributed by atoms with Crippen LogP contribution < -0.4 is 9.47 Å². The summed E-state index contributed by atoms with van der Waals surface area (Å²) in [5, 5.41) is 0. The molecule has 0 atom stereocenters. The average Bonchev–Trinajstić information content (AvgIpc) is 2.77. The van der Waals surface area contributed by atoms with E-state index in [1.165, 1.54) is 31.2 Å². The van der Waals surface area contributed by atoms with Gasteiger partial charge in [-0.3, -0.25) is 0 Å². The van der Waals surface area contributed by atoms with Crippen LogP contribution in [0.5, 0.6) is 11.6 Å². The summed E-state index contributed by atoms with van der Waals surface area (Å²) in [6.07, 6.45) is 9.75. The number of ether oxygens (including phenoxy) is 2. The van der Waals surface area contributed by atoms with Crippen molar-refractivity contribution in [3.8, 4) is 22.9 Å². The van der Waals surface area contributed by atoms with Crippen molar-refractivity contribution in [2.45, 2.75) is 52.6 Å². The van der Waals surface area contributed by atoms with Crippen molar-refractivity contribution in [1.82, 2.24) is 9.97 Å². The fourth-order valence-corrected chi connectivity index (χ4v) is 3.14. The summed E-state index contributed by atoms with van der Waals surface area (Å²) < 4.78 is 11.3. The molecule has 29 heavy (non-hydrogen) atoms. The van der Waals surface area contributed by atoms with Gasteiger partial charge in [-0.15, -0.1) is 0 Å². The Labute approximate surface area is 173 Å². The van der Waals surface area contributed by atoms with Gasteiger partial charge in [0.2, 0.25) is 5.88 Å². The molecule has 0 bridgehead atoms. The van der Waals surface area contributed by atoms with Gasteiger partial charge < -0.3 is 9.47 Å². The van der Waals surface area contributed by atoms with Crippen molar-refractivity contribution in [2.24, 2.45) is 0 Å². The second-order valence-electron chi connectivity index (χ2n) is 7.11. The second-order valence-corrected chi connectivity index (χ2v) is 7.11. The zero-order chi connectivity index (χ0) is 20.3. The second kappa shape index (κ2) is 11.2. The molecule has 0 aliphatic carbocycles. The van der Waals surface area contributed by atoms with E-state index in [4.69, 9.17) is 9.47 Å². The van der Waals surface area contributed by atoms with Gasteiger partial charge in [-0.1, -0.05) is 50.5 Å². The highest BCUT2D eigenvalue weighted by atomic mass is 16.5. The number of unbranched alkanes of at least 4 members (excludes halogenated alkanes) is 3. The lowest BCUT2D eigenvalue weighted by molar-refractivity contribution is 0.292. The third kappa shape index (κ3) is 6.60. The third-order valence-corrected chi connectivity index (χ3v) is 4.82. The number of aromatic nitrogens is 2. The van der Waals surface area contributed by atoms with E-state index in [0.717, 1.165) is 29.0 Å². The Bertz CT molecular complexity index is 844. The van der Waals surface area contributed by atoms with Crippen molar-refractivity contribution in [3.63, 3.8) is 0 Å². The monoisotopic (exact) mass is 390 g/mol. The fourth-order valence-electron chi connectivity index (χ4n) is 3.14. The molecular weight excluding hydrogens is 360 g/mol. The zero-order valence-corrected chi connectivity index (χ0v) is 17.4. The first-order chi connectivity index (χ1) is 14.3. The normalized spacial score (nSPS) is 10.7. The smallest absolute Gasteiger partial charge is 0.232 e. The fraction of sp³-hybridized carbons (Fsp3) is 0.360. The van der Waals surface area contributed by atoms with Gasteiger partial charge in [0.25, 0.3) is 0 Å². The van der Waals surface area contributed by atoms with E-state index < -0.39 is 0 Å². The number of aryl methyl sites for hydroxylation is 1. The number of benzene rings is 2. The van der Waals surface area contributed by atoms with Gasteiger partial charge in [0, 0.05) is 5.56 Å². The summed E-state index contributed by atoms with van der Waals surface area (Å²) in [7, 11) is 0. The highest BCUT2D eigenvalue weighted by molar-refractivity contribution is 5.59. The Morgan fingerprint density at radius 1 is 0.724 bits per heavy atom. The first kappa shape index (κ1) is 20.8. The molecule has 3 aromatic rings. The summed E-state index contributed by atoms with van der Waals surface area (Å²) in [5.74, 6) is 1.39. The van der Waals surface area contributed by atoms with Crippen molar-refractivity contribution < 1.29 is 9.47 Å². The molecule has 0 spiro atoms. The molecule has 0 saturated heterocycles. The van der Waals surface area contributed by atoms with Gasteiger partial charge in [0.15, 0.2) is 0 Å². The van der Waals surface area contributed by atoms with Gasteiger partial charge in [-0.05, 0) is 55.2 Å². The number of hydrogen-bond donors (Lipinski definition) is 0. The maximum atomic E-state index is 5.79. The van der Waals surface area contributed by atoms with E-state index in [1.807, 2.05) is 31.2 Å². The molecule has 0 fully saturated rings. The van der Waals surface area contributed by atoms with E-state index in [-0.39, 0.29) is 0 Å². The van der Waals surface area contributed by atoms with Crippen LogP contribution in [-0.2, 0) is 13.0 Å². The van der Waals surface area contributed by atoms with Gasteiger partial charge in [0.1, 0.15) is 12.4 Å². The van der Waals surface area contributed by atoms with Crippen molar-refractivity contribution >= 4 is 0 Å². The van der Waals surface area contributed by atoms with Crippen LogP contribution in [0.2, 0.25) is 0 Å². The average molecular weight is 391 g/mol. The molecular formula is C25H30N2O2. The van der Waals surface area contributed by atoms with E-state index in [9.17, 15) is 0 Å². The Morgan fingerprint density at radius 2 is 1.48 bits per heavy atom. The van der Waals surface area contributed by atoms with Gasteiger partial charge >= 0.3 is 0 Å². The van der Waals surface area contributed by atoms with Crippen LogP contribution in [0.1, 0.15) is 50.7 Å². The molecule has 4 nitrogen and oxygen atoms in total. The molecule has 152 valence electrons. The standard InChI is InChI=1S/C25H30N2O2/c1-3-5-6-7-8-20-9-11-21(12-10-20)19-29-25-18-26-24(17-27-25)22-13-15-23(16-14-22)28-4-2/h9-18H,3-8,19H2,1-2H3. The summed E-state index contributed by atoms with van der Waals surface area (Å²) in [4.78, 5) is 8.86. The molecule has 0 saturated carbocycles. The lowest BCUT2D eigenvalue weighted by Gasteiger charge is -2.08. The van der Waals surface area contributed by atoms with Gasteiger partial charge in [-0.25, -0.2) is 9.97 Å². The Hall–Kier alpha value is -2.88. The predicted molar refractivity (Wildman–Crippen MR) is 117 cm³/mol. The van der Waals surface area contributed by atoms with E-state index >= 15 is 0 Å². The molecule has 1 aromatic heterocycles. The highest BCUT2D eigenvalue weighted by Gasteiger charge is 2.03. The van der Waals surface area contributed by atoms with Gasteiger partial charge in [0.05, 0.1) is 24.7 Å². The van der Waals surface area contributed by atoms with Crippen LogP contribution in [-0.4, -0.2) is 16.6 Å². The Kier molecular flexibility index (Phi) is 8.05. The highest BCUT2D eigenvalue weighted by Crippen LogP contribution is 2.21. The lowest BCUT2D eigenvalue weighted by Crippen LogP contribution is -1.99. The molecule has 0 unspecified atom stereocenters. The SMILES string of the molecule is CCCCCCc1ccc(COc2cnc(-c3ccc(OCC)cc3)cn2)cc1. The van der Waals surface area contributed by atoms with Crippen molar-refractivity contribution in [2.75, 3.05) is 6.61 Å². The minimum absolute atomic E-state index is 0.493. The summed E-state index contributed by atoms with van der Waals surface area (Å²) >= 11 is 0. The molecule has 0 amide bonds. The van der Waals surface area contributed by atoms with Crippen molar-refractivity contribution in [1.29, 1.82) is 0 Å². The topological polar surface area (TPSA) is 44.2 Å². The molecule has 2 aromatic carbocycles. The van der Waals surface area contributed by atoms with Crippen LogP contribution in [0.4, 0.5) is 0 Å². The lowest BCUT2D eigenvalue weighted by atomic mass is 10.0.